The lowest BCUT2D eigenvalue weighted by atomic mass is 10.1. The van der Waals surface area contributed by atoms with Crippen LogP contribution in [0.5, 0.6) is 5.75 Å². The van der Waals surface area contributed by atoms with E-state index >= 15 is 0 Å². The maximum atomic E-state index is 13.5. The molecule has 0 heterocycles. The predicted molar refractivity (Wildman–Crippen MR) is 98.7 cm³/mol. The third-order valence-corrected chi connectivity index (χ3v) is 3.11. The third kappa shape index (κ3) is 8.72. The minimum Gasteiger partial charge on any atom is -0.490 e. The van der Waals surface area contributed by atoms with Crippen molar-refractivity contribution >= 4 is 6.09 Å². The number of rotatable bonds is 7. The van der Waals surface area contributed by atoms with Gasteiger partial charge in [-0.2, -0.15) is 0 Å². The SMILES string of the molecule is CCOCCOc1cc(F)ccc1C#C[C@@H](CC)NC(=O)OC(C)(C)C. The van der Waals surface area contributed by atoms with Gasteiger partial charge in [0.15, 0.2) is 0 Å². The van der Waals surface area contributed by atoms with Crippen molar-refractivity contribution in [3.05, 3.63) is 29.6 Å². The highest BCUT2D eigenvalue weighted by atomic mass is 19.1. The zero-order valence-corrected chi connectivity index (χ0v) is 16.1. The van der Waals surface area contributed by atoms with Crippen LogP contribution in [0.15, 0.2) is 18.2 Å². The van der Waals surface area contributed by atoms with Crippen LogP contribution in [-0.4, -0.2) is 37.6 Å². The molecule has 26 heavy (non-hydrogen) atoms. The highest BCUT2D eigenvalue weighted by Crippen LogP contribution is 2.19. The summed E-state index contributed by atoms with van der Waals surface area (Å²) in [6, 6.07) is 3.78. The number of alkyl carbamates (subject to hydrolysis) is 1. The summed E-state index contributed by atoms with van der Waals surface area (Å²) in [5, 5.41) is 2.71. The van der Waals surface area contributed by atoms with E-state index in [-0.39, 0.29) is 6.04 Å². The molecule has 0 aliphatic heterocycles. The van der Waals surface area contributed by atoms with Gasteiger partial charge in [0, 0.05) is 12.7 Å². The van der Waals surface area contributed by atoms with Crippen molar-refractivity contribution < 1.29 is 23.4 Å². The van der Waals surface area contributed by atoms with Crippen molar-refractivity contribution in [3.63, 3.8) is 0 Å². The van der Waals surface area contributed by atoms with Crippen molar-refractivity contribution in [2.45, 2.75) is 52.7 Å². The summed E-state index contributed by atoms with van der Waals surface area (Å²) in [6.07, 6.45) is 0.0829. The third-order valence-electron chi connectivity index (χ3n) is 3.11. The largest absolute Gasteiger partial charge is 0.490 e. The van der Waals surface area contributed by atoms with E-state index in [1.54, 1.807) is 26.8 Å². The molecule has 1 amide bonds. The maximum absolute atomic E-state index is 13.5. The van der Waals surface area contributed by atoms with Crippen LogP contribution in [0.3, 0.4) is 0 Å². The molecular formula is C20H28FNO4. The first kappa shape index (κ1) is 21.8. The zero-order valence-electron chi connectivity index (χ0n) is 16.1. The fourth-order valence-electron chi connectivity index (χ4n) is 1.93. The molecule has 0 unspecified atom stereocenters. The standard InChI is InChI=1S/C20H28FNO4/c1-6-17(22-19(23)26-20(3,4)5)11-9-15-8-10-16(21)14-18(15)25-13-12-24-7-2/h8,10,14,17H,6-7,12-13H2,1-5H3,(H,22,23)/t17-/m1/s1. The minimum absolute atomic E-state index is 0.305. The summed E-state index contributed by atoms with van der Waals surface area (Å²) in [6.45, 7) is 10.5. The quantitative estimate of drug-likeness (QED) is 0.588. The number of halogens is 1. The number of benzene rings is 1. The molecule has 0 spiro atoms. The van der Waals surface area contributed by atoms with Crippen LogP contribution in [0.25, 0.3) is 0 Å². The first-order chi connectivity index (χ1) is 12.2. The van der Waals surface area contributed by atoms with Crippen LogP contribution in [-0.2, 0) is 9.47 Å². The zero-order chi connectivity index (χ0) is 19.6. The van der Waals surface area contributed by atoms with Gasteiger partial charge in [0.05, 0.1) is 18.2 Å². The van der Waals surface area contributed by atoms with Crippen molar-refractivity contribution in [2.24, 2.45) is 0 Å². The van der Waals surface area contributed by atoms with Crippen LogP contribution >= 0.6 is 0 Å². The molecule has 1 N–H and O–H groups in total. The topological polar surface area (TPSA) is 56.8 Å². The summed E-state index contributed by atoms with van der Waals surface area (Å²) >= 11 is 0. The molecule has 0 aromatic heterocycles. The Kier molecular flexibility index (Phi) is 8.94. The van der Waals surface area contributed by atoms with E-state index in [0.29, 0.717) is 37.6 Å². The molecule has 144 valence electrons. The number of carbonyl (C=O) groups is 1. The molecule has 6 heteroatoms. The van der Waals surface area contributed by atoms with Gasteiger partial charge in [-0.3, -0.25) is 0 Å². The molecule has 1 aromatic rings. The molecule has 1 rings (SSSR count). The second kappa shape index (κ2) is 10.7. The van der Waals surface area contributed by atoms with Gasteiger partial charge >= 0.3 is 6.09 Å². The lowest BCUT2D eigenvalue weighted by Gasteiger charge is -2.21. The first-order valence-electron chi connectivity index (χ1n) is 8.76. The molecule has 0 saturated heterocycles. The van der Waals surface area contributed by atoms with E-state index in [2.05, 4.69) is 17.2 Å². The Morgan fingerprint density at radius 3 is 2.62 bits per heavy atom. The van der Waals surface area contributed by atoms with Crippen molar-refractivity contribution in [1.29, 1.82) is 0 Å². The van der Waals surface area contributed by atoms with Gasteiger partial charge in [-0.05, 0) is 46.2 Å². The Hall–Kier alpha value is -2.26. The molecule has 0 saturated carbocycles. The number of nitrogens with one attached hydrogen (secondary N) is 1. The number of ether oxygens (including phenoxy) is 3. The van der Waals surface area contributed by atoms with Gasteiger partial charge in [-0.25, -0.2) is 9.18 Å². The Balaban J connectivity index is 2.81. The Bertz CT molecular complexity index is 643. The van der Waals surface area contributed by atoms with E-state index in [9.17, 15) is 9.18 Å². The summed E-state index contributed by atoms with van der Waals surface area (Å²) in [4.78, 5) is 11.9. The van der Waals surface area contributed by atoms with Gasteiger partial charge in [-0.1, -0.05) is 18.8 Å². The predicted octanol–water partition coefficient (Wildman–Crippen LogP) is 3.90. The summed E-state index contributed by atoms with van der Waals surface area (Å²) < 4.78 is 29.5. The van der Waals surface area contributed by atoms with Gasteiger partial charge in [-0.15, -0.1) is 0 Å². The number of hydrogen-bond donors (Lipinski definition) is 1. The Morgan fingerprint density at radius 2 is 2.00 bits per heavy atom. The number of amides is 1. The normalized spacial score (nSPS) is 11.9. The molecule has 0 bridgehead atoms. The van der Waals surface area contributed by atoms with Crippen LogP contribution in [0.2, 0.25) is 0 Å². The van der Waals surface area contributed by atoms with Crippen LogP contribution in [0.4, 0.5) is 9.18 Å². The average Bonchev–Trinajstić information content (AvgIpc) is 2.55. The lowest BCUT2D eigenvalue weighted by molar-refractivity contribution is 0.0515. The average molecular weight is 365 g/mol. The molecule has 0 aliphatic carbocycles. The second-order valence-corrected chi connectivity index (χ2v) is 6.56. The molecule has 5 nitrogen and oxygen atoms in total. The van der Waals surface area contributed by atoms with Crippen molar-refractivity contribution in [2.75, 3.05) is 19.8 Å². The fraction of sp³-hybridized carbons (Fsp3) is 0.550. The highest BCUT2D eigenvalue weighted by Gasteiger charge is 2.17. The van der Waals surface area contributed by atoms with Crippen LogP contribution in [0, 0.1) is 17.7 Å². The highest BCUT2D eigenvalue weighted by molar-refractivity contribution is 5.68. The lowest BCUT2D eigenvalue weighted by Crippen LogP contribution is -2.38. The molecule has 1 aromatic carbocycles. The molecule has 1 atom stereocenters. The van der Waals surface area contributed by atoms with E-state index in [1.807, 2.05) is 13.8 Å². The second-order valence-electron chi connectivity index (χ2n) is 6.56. The molecule has 0 radical (unpaired) electrons. The molecule has 0 fully saturated rings. The number of carbonyl (C=O) groups excluding carboxylic acids is 1. The maximum Gasteiger partial charge on any atom is 0.408 e. The molecular weight excluding hydrogens is 337 g/mol. The van der Waals surface area contributed by atoms with E-state index in [0.717, 1.165) is 0 Å². The van der Waals surface area contributed by atoms with Gasteiger partial charge < -0.3 is 19.5 Å². The first-order valence-corrected chi connectivity index (χ1v) is 8.76. The van der Waals surface area contributed by atoms with Crippen LogP contribution in [0.1, 0.15) is 46.6 Å². The smallest absolute Gasteiger partial charge is 0.408 e. The summed E-state index contributed by atoms with van der Waals surface area (Å²) in [7, 11) is 0. The Labute approximate surface area is 155 Å². The number of hydrogen-bond acceptors (Lipinski definition) is 4. The Morgan fingerprint density at radius 1 is 1.27 bits per heavy atom. The van der Waals surface area contributed by atoms with E-state index in [4.69, 9.17) is 14.2 Å². The van der Waals surface area contributed by atoms with Crippen LogP contribution < -0.4 is 10.1 Å². The van der Waals surface area contributed by atoms with E-state index < -0.39 is 17.5 Å². The monoisotopic (exact) mass is 365 g/mol. The summed E-state index contributed by atoms with van der Waals surface area (Å²) in [5.41, 5.74) is -0.0266. The van der Waals surface area contributed by atoms with Gasteiger partial charge in [0.25, 0.3) is 0 Å². The molecule has 0 aliphatic rings. The summed E-state index contributed by atoms with van der Waals surface area (Å²) in [5.74, 6) is 5.87. The van der Waals surface area contributed by atoms with Crippen molar-refractivity contribution in [3.8, 4) is 17.6 Å². The van der Waals surface area contributed by atoms with Gasteiger partial charge in [0.1, 0.15) is 23.8 Å². The van der Waals surface area contributed by atoms with Gasteiger partial charge in [0.2, 0.25) is 0 Å². The fourth-order valence-corrected chi connectivity index (χ4v) is 1.93. The minimum atomic E-state index is -0.575. The van der Waals surface area contributed by atoms with Crippen molar-refractivity contribution in [1.82, 2.24) is 5.32 Å². The van der Waals surface area contributed by atoms with E-state index in [1.165, 1.54) is 12.1 Å².